The molecule has 10 nitrogen and oxygen atoms in total. The second-order valence-electron chi connectivity index (χ2n) is 14.4. The van der Waals surface area contributed by atoms with Gasteiger partial charge in [-0.2, -0.15) is 0 Å². The number of ether oxygens (including phenoxy) is 6. The van der Waals surface area contributed by atoms with Gasteiger partial charge in [-0.1, -0.05) is 59.0 Å². The van der Waals surface area contributed by atoms with Crippen LogP contribution in [0.4, 0.5) is 4.79 Å². The van der Waals surface area contributed by atoms with Gasteiger partial charge >= 0.3 is 6.09 Å². The molecular weight excluding hydrogens is 623 g/mol. The van der Waals surface area contributed by atoms with Gasteiger partial charge in [0.2, 0.25) is 0 Å². The number of hydrogen-bond acceptors (Lipinski definition) is 9. The predicted octanol–water partition coefficient (Wildman–Crippen LogP) is 5.94. The molecule has 0 aromatic heterocycles. The van der Waals surface area contributed by atoms with E-state index < -0.39 is 51.8 Å². The van der Waals surface area contributed by atoms with Crippen LogP contribution in [0.5, 0.6) is 11.5 Å². The average Bonchev–Trinajstić information content (AvgIpc) is 3.44. The monoisotopic (exact) mass is 675 g/mol. The number of rotatable bonds is 13. The van der Waals surface area contributed by atoms with Crippen LogP contribution < -0.4 is 14.8 Å². The minimum absolute atomic E-state index is 0.00714. The first-order valence-corrected chi connectivity index (χ1v) is 22.3. The number of alkyl carbamates (subject to hydrolysis) is 1. The first-order chi connectivity index (χ1) is 21.5. The van der Waals surface area contributed by atoms with E-state index in [9.17, 15) is 9.59 Å². The molecule has 1 amide bonds. The summed E-state index contributed by atoms with van der Waals surface area (Å²) in [5.41, 5.74) is 2.44. The van der Waals surface area contributed by atoms with Gasteiger partial charge in [0.25, 0.3) is 0 Å². The first-order valence-electron chi connectivity index (χ1n) is 15.9. The van der Waals surface area contributed by atoms with Crippen LogP contribution in [0, 0.1) is 23.3 Å². The van der Waals surface area contributed by atoms with E-state index in [2.05, 4.69) is 76.9 Å². The minimum atomic E-state index is -2.50. The topological polar surface area (TPSA) is 111 Å². The highest BCUT2D eigenvalue weighted by molar-refractivity contribution is 6.83. The Labute approximate surface area is 277 Å². The van der Waals surface area contributed by atoms with Crippen molar-refractivity contribution in [1.82, 2.24) is 5.32 Å². The van der Waals surface area contributed by atoms with Crippen molar-refractivity contribution in [3.05, 3.63) is 36.9 Å². The Bertz CT molecular complexity index is 1240. The number of hydrogen-bond donors (Lipinski definition) is 1. The maximum absolute atomic E-state index is 13.2. The lowest BCUT2D eigenvalue weighted by Gasteiger charge is -2.56. The molecule has 1 aliphatic carbocycles. The summed E-state index contributed by atoms with van der Waals surface area (Å²) in [6.45, 7) is 21.9. The number of amides is 1. The third-order valence-corrected chi connectivity index (χ3v) is 14.2. The molecular formula is C34H53NO9Si2. The summed E-state index contributed by atoms with van der Waals surface area (Å²) in [6, 6.07) is 6.38. The molecule has 1 aromatic carbocycles. The molecule has 256 valence electrons. The highest BCUT2D eigenvalue weighted by Gasteiger charge is 2.65. The van der Waals surface area contributed by atoms with Gasteiger partial charge in [0.05, 0.1) is 33.0 Å². The molecule has 0 bridgehead atoms. The number of nitrogens with one attached hydrogen (secondary N) is 1. The summed E-state index contributed by atoms with van der Waals surface area (Å²) in [5, 5.41) is 2.75. The van der Waals surface area contributed by atoms with Crippen molar-refractivity contribution < 1.29 is 42.4 Å². The second kappa shape index (κ2) is 15.5. The van der Waals surface area contributed by atoms with E-state index in [-0.39, 0.29) is 31.5 Å². The molecule has 1 aliphatic heterocycles. The van der Waals surface area contributed by atoms with Crippen molar-refractivity contribution in [2.45, 2.75) is 88.8 Å². The van der Waals surface area contributed by atoms with Crippen molar-refractivity contribution in [2.24, 2.45) is 11.8 Å². The van der Waals surface area contributed by atoms with Crippen LogP contribution >= 0.6 is 0 Å². The van der Waals surface area contributed by atoms with Crippen molar-refractivity contribution in [3.8, 4) is 23.0 Å². The second-order valence-corrected chi connectivity index (χ2v) is 23.9. The van der Waals surface area contributed by atoms with Gasteiger partial charge in [-0.05, 0) is 48.8 Å². The molecule has 1 N–H and O–H groups in total. The Kier molecular flexibility index (Phi) is 12.7. The Morgan fingerprint density at radius 3 is 2.28 bits per heavy atom. The van der Waals surface area contributed by atoms with Gasteiger partial charge in [-0.15, -0.1) is 5.54 Å². The molecule has 2 aliphatic rings. The third kappa shape index (κ3) is 9.45. The zero-order valence-corrected chi connectivity index (χ0v) is 31.0. The zero-order chi connectivity index (χ0) is 34.2. The standard InChI is InChI=1S/C34H53NO9Si2/c1-11-18-40-31(37)35-30-28(23-36)29(16-19-39-25-41-27-14-12-26(38-5)13-15-27)33(17-22-45(6,7)8,24-34(30)42-20-21-43-34)44-46(9,10)32(2,3)4/h11-15,23,28-30H,1,16,18-21,24-25H2,2-10H3,(H,35,37)/t28-,29+,30+,33-/m0/s1. The average molecular weight is 676 g/mol. The van der Waals surface area contributed by atoms with E-state index in [0.29, 0.717) is 25.4 Å². The molecule has 2 fully saturated rings. The summed E-state index contributed by atoms with van der Waals surface area (Å²) in [6.07, 6.45) is 2.26. The van der Waals surface area contributed by atoms with Gasteiger partial charge in [-0.25, -0.2) is 4.79 Å². The Balaban J connectivity index is 2.04. The van der Waals surface area contributed by atoms with Crippen LogP contribution in [0.25, 0.3) is 0 Å². The van der Waals surface area contributed by atoms with Gasteiger partial charge in [0.15, 0.2) is 20.9 Å². The van der Waals surface area contributed by atoms with Crippen LogP contribution in [0.1, 0.15) is 33.6 Å². The van der Waals surface area contributed by atoms with Gasteiger partial charge in [-0.3, -0.25) is 0 Å². The van der Waals surface area contributed by atoms with Crippen LogP contribution in [-0.2, 0) is 28.2 Å². The zero-order valence-electron chi connectivity index (χ0n) is 29.0. The number of carbonyl (C=O) groups excluding carboxylic acids is 2. The quantitative estimate of drug-likeness (QED) is 0.0679. The van der Waals surface area contributed by atoms with Gasteiger partial charge in [0.1, 0.15) is 38.1 Å². The summed E-state index contributed by atoms with van der Waals surface area (Å²) < 4.78 is 42.2. The molecule has 1 aromatic rings. The van der Waals surface area contributed by atoms with E-state index in [1.165, 1.54) is 6.08 Å². The molecule has 3 rings (SSSR count). The van der Waals surface area contributed by atoms with Crippen LogP contribution in [0.2, 0.25) is 37.8 Å². The fourth-order valence-electron chi connectivity index (χ4n) is 5.53. The minimum Gasteiger partial charge on any atom is -0.497 e. The molecule has 4 atom stereocenters. The number of methoxy groups -OCH3 is 1. The molecule has 1 saturated heterocycles. The SMILES string of the molecule is C=CCOC(=O)N[C@@H]1[C@@H](C=O)[C@@H](CCOCOc2ccc(OC)cc2)[C@@](C#C[Si](C)(C)C)(O[Si](C)(C)C(C)(C)C)CC12OCCO2. The lowest BCUT2D eigenvalue weighted by Crippen LogP contribution is -2.70. The molecule has 1 spiro atoms. The maximum atomic E-state index is 13.2. The lowest BCUT2D eigenvalue weighted by atomic mass is 9.63. The molecule has 1 saturated carbocycles. The lowest BCUT2D eigenvalue weighted by molar-refractivity contribution is -0.245. The van der Waals surface area contributed by atoms with E-state index in [1.807, 2.05) is 12.1 Å². The van der Waals surface area contributed by atoms with Crippen molar-refractivity contribution in [1.29, 1.82) is 0 Å². The van der Waals surface area contributed by atoms with Crippen LogP contribution in [0.3, 0.4) is 0 Å². The van der Waals surface area contributed by atoms with Crippen molar-refractivity contribution >= 4 is 28.8 Å². The largest absolute Gasteiger partial charge is 0.497 e. The van der Waals surface area contributed by atoms with E-state index in [0.717, 1.165) is 12.0 Å². The normalized spacial score (nSPS) is 24.4. The summed E-state index contributed by atoms with van der Waals surface area (Å²) >= 11 is 0. The van der Waals surface area contributed by atoms with Gasteiger partial charge < -0.3 is 43.0 Å². The first kappa shape index (κ1) is 37.8. The Morgan fingerprint density at radius 2 is 1.74 bits per heavy atom. The Morgan fingerprint density at radius 1 is 1.11 bits per heavy atom. The highest BCUT2D eigenvalue weighted by Crippen LogP contribution is 2.52. The van der Waals surface area contributed by atoms with Gasteiger partial charge in [0, 0.05) is 18.3 Å². The summed E-state index contributed by atoms with van der Waals surface area (Å²) in [4.78, 5) is 26.1. The molecule has 1 heterocycles. The highest BCUT2D eigenvalue weighted by atomic mass is 28.4. The van der Waals surface area contributed by atoms with Crippen LogP contribution in [0.15, 0.2) is 36.9 Å². The summed E-state index contributed by atoms with van der Waals surface area (Å²) in [7, 11) is -2.82. The number of aldehydes is 1. The van der Waals surface area contributed by atoms with Crippen molar-refractivity contribution in [3.63, 3.8) is 0 Å². The van der Waals surface area contributed by atoms with Crippen LogP contribution in [-0.4, -0.2) is 86.5 Å². The number of benzene rings is 1. The van der Waals surface area contributed by atoms with E-state index >= 15 is 0 Å². The third-order valence-electron chi connectivity index (χ3n) is 8.80. The number of carbonyl (C=O) groups is 2. The molecule has 0 unspecified atom stereocenters. The van der Waals surface area contributed by atoms with E-state index in [4.69, 9.17) is 32.8 Å². The Hall–Kier alpha value is -2.67. The molecule has 0 radical (unpaired) electrons. The maximum Gasteiger partial charge on any atom is 0.407 e. The smallest absolute Gasteiger partial charge is 0.407 e. The van der Waals surface area contributed by atoms with E-state index in [1.54, 1.807) is 19.2 Å². The molecule has 12 heteroatoms. The fourth-order valence-corrected chi connectivity index (χ4v) is 7.61. The summed E-state index contributed by atoms with van der Waals surface area (Å²) in [5.74, 6) is 2.35. The van der Waals surface area contributed by atoms with Crippen molar-refractivity contribution in [2.75, 3.05) is 40.3 Å². The molecule has 46 heavy (non-hydrogen) atoms. The fraction of sp³-hybridized carbons (Fsp3) is 0.647. The predicted molar refractivity (Wildman–Crippen MR) is 182 cm³/mol.